The van der Waals surface area contributed by atoms with Crippen molar-refractivity contribution in [3.63, 3.8) is 0 Å². The van der Waals surface area contributed by atoms with Crippen LogP contribution in [0.2, 0.25) is 0 Å². The summed E-state index contributed by atoms with van der Waals surface area (Å²) in [5.41, 5.74) is 4.01. The third-order valence-electron chi connectivity index (χ3n) is 4.80. The summed E-state index contributed by atoms with van der Waals surface area (Å²) in [6, 6.07) is 14.7. The Morgan fingerprint density at radius 2 is 1.60 bits per heavy atom. The molecule has 0 saturated carbocycles. The summed E-state index contributed by atoms with van der Waals surface area (Å²) < 4.78 is 4.68. The molecule has 4 nitrogen and oxygen atoms in total. The summed E-state index contributed by atoms with van der Waals surface area (Å²) in [4.78, 5) is 26.3. The molecule has 0 radical (unpaired) electrons. The lowest BCUT2D eigenvalue weighted by Crippen LogP contribution is -2.24. The average Bonchev–Trinajstić information content (AvgIpc) is 2.82. The second-order valence-electron chi connectivity index (χ2n) is 6.66. The molecule has 0 N–H and O–H groups in total. The van der Waals surface area contributed by atoms with Gasteiger partial charge in [-0.2, -0.15) is 0 Å². The van der Waals surface area contributed by atoms with Crippen LogP contribution in [0, 0.1) is 0 Å². The van der Waals surface area contributed by atoms with E-state index >= 15 is 0 Å². The number of rotatable bonds is 3. The van der Waals surface area contributed by atoms with E-state index in [4.69, 9.17) is 0 Å². The molecular formula is C21H21NO3. The quantitative estimate of drug-likeness (QED) is 0.484. The van der Waals surface area contributed by atoms with E-state index in [9.17, 15) is 9.59 Å². The van der Waals surface area contributed by atoms with Gasteiger partial charge in [-0.15, -0.1) is 0 Å². The van der Waals surface area contributed by atoms with E-state index in [2.05, 4.69) is 35.6 Å². The maximum atomic E-state index is 12.7. The maximum absolute atomic E-state index is 12.7. The lowest BCUT2D eigenvalue weighted by Gasteiger charge is -2.24. The summed E-state index contributed by atoms with van der Waals surface area (Å²) in [5, 5.41) is 0. The predicted octanol–water partition coefficient (Wildman–Crippen LogP) is 3.97. The van der Waals surface area contributed by atoms with E-state index in [-0.39, 0.29) is 11.2 Å². The van der Waals surface area contributed by atoms with Crippen LogP contribution < -0.4 is 4.90 Å². The molecule has 0 atom stereocenters. The fraction of sp³-hybridized carbons (Fsp3) is 0.238. The molecule has 2 aromatic carbocycles. The number of carbonyl (C=O) groups is 2. The van der Waals surface area contributed by atoms with Gasteiger partial charge >= 0.3 is 5.97 Å². The van der Waals surface area contributed by atoms with E-state index in [0.29, 0.717) is 11.1 Å². The third kappa shape index (κ3) is 2.84. The monoisotopic (exact) mass is 335 g/mol. The van der Waals surface area contributed by atoms with Gasteiger partial charge in [0.1, 0.15) is 0 Å². The molecule has 1 aliphatic heterocycles. The first-order valence-electron chi connectivity index (χ1n) is 8.14. The van der Waals surface area contributed by atoms with Crippen LogP contribution in [-0.2, 0) is 10.2 Å². The lowest BCUT2D eigenvalue weighted by atomic mass is 9.83. The van der Waals surface area contributed by atoms with Crippen LogP contribution in [0.25, 0.3) is 0 Å². The molecule has 2 aromatic rings. The summed E-state index contributed by atoms with van der Waals surface area (Å²) in [6.07, 6.45) is 1.69. The Labute approximate surface area is 147 Å². The number of methoxy groups -OCH3 is 1. The highest BCUT2D eigenvalue weighted by Gasteiger charge is 2.38. The average molecular weight is 335 g/mol. The van der Waals surface area contributed by atoms with Crippen LogP contribution in [0.1, 0.15) is 40.1 Å². The zero-order chi connectivity index (χ0) is 18.2. The molecule has 3 rings (SSSR count). The van der Waals surface area contributed by atoms with Crippen molar-refractivity contribution in [2.75, 3.05) is 19.1 Å². The van der Waals surface area contributed by atoms with Crippen molar-refractivity contribution >= 4 is 17.4 Å². The van der Waals surface area contributed by atoms with Crippen LogP contribution in [0.5, 0.6) is 0 Å². The number of allylic oxidation sites excluding steroid dienone is 2. The van der Waals surface area contributed by atoms with Gasteiger partial charge in [-0.05, 0) is 23.8 Å². The number of ketones is 1. The Morgan fingerprint density at radius 1 is 1.00 bits per heavy atom. The van der Waals surface area contributed by atoms with Crippen molar-refractivity contribution in [2.24, 2.45) is 0 Å². The minimum absolute atomic E-state index is 0.0841. The minimum Gasteiger partial charge on any atom is -0.465 e. The molecule has 0 spiro atoms. The lowest BCUT2D eigenvalue weighted by molar-refractivity contribution is 0.0600. The smallest absolute Gasteiger partial charge is 0.337 e. The molecular weight excluding hydrogens is 314 g/mol. The molecule has 1 aliphatic rings. The molecule has 25 heavy (non-hydrogen) atoms. The van der Waals surface area contributed by atoms with Crippen molar-refractivity contribution < 1.29 is 14.3 Å². The SMILES string of the molecule is COC(=O)c1ccc(C(=O)/C=C2\N(C)c3ccccc3C2(C)C)cc1. The molecule has 0 aliphatic carbocycles. The number of carbonyl (C=O) groups excluding carboxylic acids is 2. The normalized spacial score (nSPS) is 16.6. The fourth-order valence-electron chi connectivity index (χ4n) is 3.35. The largest absolute Gasteiger partial charge is 0.465 e. The number of anilines is 1. The Bertz CT molecular complexity index is 863. The van der Waals surface area contributed by atoms with Gasteiger partial charge in [0, 0.05) is 35.5 Å². The highest BCUT2D eigenvalue weighted by Crippen LogP contribution is 2.46. The van der Waals surface area contributed by atoms with Crippen LogP contribution >= 0.6 is 0 Å². The molecule has 0 saturated heterocycles. The highest BCUT2D eigenvalue weighted by molar-refractivity contribution is 6.06. The van der Waals surface area contributed by atoms with Gasteiger partial charge in [-0.25, -0.2) is 4.79 Å². The number of hydrogen-bond acceptors (Lipinski definition) is 4. The topological polar surface area (TPSA) is 46.6 Å². The van der Waals surface area contributed by atoms with Gasteiger partial charge in [0.05, 0.1) is 12.7 Å². The van der Waals surface area contributed by atoms with E-state index in [1.165, 1.54) is 12.7 Å². The van der Waals surface area contributed by atoms with Crippen molar-refractivity contribution in [1.29, 1.82) is 0 Å². The van der Waals surface area contributed by atoms with Crippen LogP contribution in [0.4, 0.5) is 5.69 Å². The van der Waals surface area contributed by atoms with Crippen molar-refractivity contribution in [1.82, 2.24) is 0 Å². The molecule has 4 heteroatoms. The van der Waals surface area contributed by atoms with Gasteiger partial charge in [-0.3, -0.25) is 4.79 Å². The van der Waals surface area contributed by atoms with Gasteiger partial charge < -0.3 is 9.64 Å². The first-order valence-corrected chi connectivity index (χ1v) is 8.14. The number of para-hydroxylation sites is 1. The van der Waals surface area contributed by atoms with Crippen LogP contribution in [0.3, 0.4) is 0 Å². The Balaban J connectivity index is 1.93. The van der Waals surface area contributed by atoms with Gasteiger partial charge in [0.25, 0.3) is 0 Å². The second kappa shape index (κ2) is 6.20. The Morgan fingerprint density at radius 3 is 2.20 bits per heavy atom. The van der Waals surface area contributed by atoms with Gasteiger partial charge in [0.2, 0.25) is 0 Å². The van der Waals surface area contributed by atoms with E-state index in [0.717, 1.165) is 11.4 Å². The first kappa shape index (κ1) is 17.0. The predicted molar refractivity (Wildman–Crippen MR) is 98.1 cm³/mol. The highest BCUT2D eigenvalue weighted by atomic mass is 16.5. The number of likely N-dealkylation sites (N-methyl/N-ethyl adjacent to an activating group) is 1. The Kier molecular flexibility index (Phi) is 4.21. The second-order valence-corrected chi connectivity index (χ2v) is 6.66. The summed E-state index contributed by atoms with van der Waals surface area (Å²) in [5.74, 6) is -0.497. The van der Waals surface area contributed by atoms with Crippen LogP contribution in [0.15, 0.2) is 60.3 Å². The summed E-state index contributed by atoms with van der Waals surface area (Å²) in [7, 11) is 3.31. The molecule has 0 unspecified atom stereocenters. The zero-order valence-corrected chi connectivity index (χ0v) is 14.9. The van der Waals surface area contributed by atoms with Crippen LogP contribution in [-0.4, -0.2) is 25.9 Å². The number of nitrogens with zero attached hydrogens (tertiary/aromatic N) is 1. The molecule has 128 valence electrons. The number of ether oxygens (including phenoxy) is 1. The standard InChI is InChI=1S/C21H21NO3/c1-21(2)16-7-5-6-8-17(16)22(3)19(21)13-18(23)14-9-11-15(12-10-14)20(24)25-4/h5-13H,1-4H3/b19-13-. The zero-order valence-electron chi connectivity index (χ0n) is 14.9. The fourth-order valence-corrected chi connectivity index (χ4v) is 3.35. The molecule has 0 amide bonds. The molecule has 0 bridgehead atoms. The van der Waals surface area contributed by atoms with E-state index in [1.54, 1.807) is 30.3 Å². The summed E-state index contributed by atoms with van der Waals surface area (Å²) in [6.45, 7) is 4.24. The van der Waals surface area contributed by atoms with E-state index in [1.807, 2.05) is 19.2 Å². The first-order chi connectivity index (χ1) is 11.9. The van der Waals surface area contributed by atoms with Gasteiger partial charge in [0.15, 0.2) is 5.78 Å². The Hall–Kier alpha value is -2.88. The summed E-state index contributed by atoms with van der Waals surface area (Å²) >= 11 is 0. The number of benzene rings is 2. The van der Waals surface area contributed by atoms with Crippen molar-refractivity contribution in [3.05, 3.63) is 77.0 Å². The molecule has 0 aromatic heterocycles. The number of fused-ring (bicyclic) bond motifs is 1. The number of esters is 1. The molecule has 1 heterocycles. The number of hydrogen-bond donors (Lipinski definition) is 0. The van der Waals surface area contributed by atoms with Crippen molar-refractivity contribution in [3.8, 4) is 0 Å². The van der Waals surface area contributed by atoms with E-state index < -0.39 is 5.97 Å². The minimum atomic E-state index is -0.413. The van der Waals surface area contributed by atoms with Gasteiger partial charge in [-0.1, -0.05) is 44.2 Å². The van der Waals surface area contributed by atoms with Crippen molar-refractivity contribution in [2.45, 2.75) is 19.3 Å². The molecule has 0 fully saturated rings. The maximum Gasteiger partial charge on any atom is 0.337 e. The third-order valence-corrected chi connectivity index (χ3v) is 4.80.